The van der Waals surface area contributed by atoms with Gasteiger partial charge in [-0.15, -0.1) is 0 Å². The Labute approximate surface area is 182 Å². The molecule has 0 saturated carbocycles. The number of nitrogens with zero attached hydrogens (tertiary/aromatic N) is 3. The van der Waals surface area contributed by atoms with Crippen molar-refractivity contribution in [2.45, 2.75) is 25.7 Å². The number of rotatable bonds is 6. The summed E-state index contributed by atoms with van der Waals surface area (Å²) in [6, 6.07) is 10.7. The summed E-state index contributed by atoms with van der Waals surface area (Å²) in [6.07, 6.45) is 3.45. The molecule has 2 aromatic rings. The second kappa shape index (κ2) is 10.5. The third kappa shape index (κ3) is 5.80. The summed E-state index contributed by atoms with van der Waals surface area (Å²) in [5.41, 5.74) is 3.56. The van der Waals surface area contributed by atoms with Gasteiger partial charge in [0.25, 0.3) is 5.91 Å². The van der Waals surface area contributed by atoms with Crippen LogP contribution in [0.3, 0.4) is 0 Å². The van der Waals surface area contributed by atoms with Gasteiger partial charge >= 0.3 is 6.03 Å². The fourth-order valence-corrected chi connectivity index (χ4v) is 3.63. The molecular weight excluding hydrogens is 394 g/mol. The number of ether oxygens (including phenoxy) is 1. The Balaban J connectivity index is 1.60. The third-order valence-corrected chi connectivity index (χ3v) is 5.48. The van der Waals surface area contributed by atoms with Crippen molar-refractivity contribution in [1.29, 1.82) is 5.26 Å². The molecule has 0 spiro atoms. The van der Waals surface area contributed by atoms with Gasteiger partial charge in [-0.2, -0.15) is 5.26 Å². The zero-order valence-electron chi connectivity index (χ0n) is 17.9. The number of nitrogens with one attached hydrogen (secondary N) is 2. The first kappa shape index (κ1) is 22.2. The van der Waals surface area contributed by atoms with E-state index in [4.69, 9.17) is 10.00 Å². The van der Waals surface area contributed by atoms with Crippen LogP contribution in [0.2, 0.25) is 0 Å². The normalized spacial score (nSPS) is 14.0. The van der Waals surface area contributed by atoms with Crippen LogP contribution in [-0.4, -0.2) is 55.2 Å². The number of aryl methyl sites for hydroxylation is 1. The van der Waals surface area contributed by atoms with Crippen molar-refractivity contribution < 1.29 is 14.3 Å². The van der Waals surface area contributed by atoms with Gasteiger partial charge in [0.1, 0.15) is 11.8 Å². The van der Waals surface area contributed by atoms with Crippen molar-refractivity contribution in [3.05, 3.63) is 58.9 Å². The number of carbonyl (C=O) groups excluding carboxylic acids is 2. The number of pyridine rings is 1. The maximum atomic E-state index is 13.0. The lowest BCUT2D eigenvalue weighted by Crippen LogP contribution is -2.38. The maximum Gasteiger partial charge on any atom is 0.319 e. The minimum absolute atomic E-state index is 0.0424. The maximum absolute atomic E-state index is 13.0. The first-order chi connectivity index (χ1) is 15.0. The highest BCUT2D eigenvalue weighted by atomic mass is 16.5. The summed E-state index contributed by atoms with van der Waals surface area (Å²) in [6.45, 7) is 4.02. The number of piperidine rings is 1. The fraction of sp³-hybridized carbons (Fsp3) is 0.391. The monoisotopic (exact) mass is 421 g/mol. The molecule has 8 nitrogen and oxygen atoms in total. The molecule has 1 aliphatic heterocycles. The number of hydrogen-bond acceptors (Lipinski definition) is 5. The lowest BCUT2D eigenvalue weighted by molar-refractivity contribution is 0.0713. The van der Waals surface area contributed by atoms with E-state index in [1.165, 1.54) is 0 Å². The van der Waals surface area contributed by atoms with Crippen molar-refractivity contribution in [2.24, 2.45) is 0 Å². The van der Waals surface area contributed by atoms with Crippen LogP contribution in [0.4, 0.5) is 10.5 Å². The van der Waals surface area contributed by atoms with E-state index in [2.05, 4.69) is 15.6 Å². The van der Waals surface area contributed by atoms with E-state index in [1.807, 2.05) is 30.0 Å². The highest BCUT2D eigenvalue weighted by Crippen LogP contribution is 2.29. The topological polar surface area (TPSA) is 107 Å². The molecule has 0 radical (unpaired) electrons. The lowest BCUT2D eigenvalue weighted by atomic mass is 9.90. The van der Waals surface area contributed by atoms with E-state index >= 15 is 0 Å². The minimum atomic E-state index is -0.332. The Hall–Kier alpha value is -3.44. The summed E-state index contributed by atoms with van der Waals surface area (Å²) in [5.74, 6) is 0.287. The number of urea groups is 1. The summed E-state index contributed by atoms with van der Waals surface area (Å²) in [7, 11) is 1.57. The molecule has 8 heteroatoms. The molecule has 0 unspecified atom stereocenters. The first-order valence-corrected chi connectivity index (χ1v) is 10.3. The largest absolute Gasteiger partial charge is 0.383 e. The van der Waals surface area contributed by atoms with Crippen LogP contribution >= 0.6 is 0 Å². The van der Waals surface area contributed by atoms with Crippen LogP contribution in [0.1, 0.15) is 45.9 Å². The summed E-state index contributed by atoms with van der Waals surface area (Å²) < 4.78 is 4.92. The number of methoxy groups -OCH3 is 1. The van der Waals surface area contributed by atoms with Gasteiger partial charge in [0.05, 0.1) is 6.61 Å². The zero-order valence-corrected chi connectivity index (χ0v) is 17.9. The highest BCUT2D eigenvalue weighted by molar-refractivity contribution is 5.97. The van der Waals surface area contributed by atoms with Gasteiger partial charge in [-0.1, -0.05) is 12.1 Å². The molecule has 2 heterocycles. The molecule has 162 valence electrons. The number of hydrogen-bond donors (Lipinski definition) is 2. The van der Waals surface area contributed by atoms with E-state index in [0.29, 0.717) is 49.1 Å². The molecule has 1 aromatic heterocycles. The Morgan fingerprint density at radius 2 is 2.03 bits per heavy atom. The van der Waals surface area contributed by atoms with Gasteiger partial charge in [0.2, 0.25) is 0 Å². The van der Waals surface area contributed by atoms with E-state index in [0.717, 1.165) is 24.0 Å². The number of aromatic nitrogens is 1. The van der Waals surface area contributed by atoms with Crippen LogP contribution in [0.5, 0.6) is 0 Å². The molecule has 1 aliphatic rings. The van der Waals surface area contributed by atoms with Gasteiger partial charge in [0, 0.05) is 44.2 Å². The number of benzene rings is 1. The van der Waals surface area contributed by atoms with Gasteiger partial charge in [-0.05, 0) is 55.0 Å². The summed E-state index contributed by atoms with van der Waals surface area (Å²) >= 11 is 0. The molecule has 0 atom stereocenters. The molecule has 1 saturated heterocycles. The van der Waals surface area contributed by atoms with Crippen LogP contribution < -0.4 is 10.6 Å². The van der Waals surface area contributed by atoms with Crippen LogP contribution in [-0.2, 0) is 4.74 Å². The highest BCUT2D eigenvalue weighted by Gasteiger charge is 2.25. The van der Waals surface area contributed by atoms with Crippen LogP contribution in [0.25, 0.3) is 0 Å². The second-order valence-electron chi connectivity index (χ2n) is 7.56. The van der Waals surface area contributed by atoms with Crippen molar-refractivity contribution in [2.75, 3.05) is 38.7 Å². The number of anilines is 1. The van der Waals surface area contributed by atoms with Gasteiger partial charge in [-0.3, -0.25) is 4.79 Å². The smallest absolute Gasteiger partial charge is 0.319 e. The molecule has 0 bridgehead atoms. The van der Waals surface area contributed by atoms with Gasteiger partial charge in [-0.25, -0.2) is 9.78 Å². The predicted octanol–water partition coefficient (Wildman–Crippen LogP) is 3.05. The number of amides is 3. The van der Waals surface area contributed by atoms with Crippen molar-refractivity contribution in [3.63, 3.8) is 0 Å². The Morgan fingerprint density at radius 3 is 2.68 bits per heavy atom. The van der Waals surface area contributed by atoms with Crippen molar-refractivity contribution in [3.8, 4) is 6.07 Å². The van der Waals surface area contributed by atoms with E-state index in [-0.39, 0.29) is 11.9 Å². The van der Waals surface area contributed by atoms with Gasteiger partial charge in [0.15, 0.2) is 0 Å². The Kier molecular flexibility index (Phi) is 7.57. The number of nitriles is 1. The summed E-state index contributed by atoms with van der Waals surface area (Å²) in [4.78, 5) is 31.1. The average Bonchev–Trinajstić information content (AvgIpc) is 2.80. The Bertz CT molecular complexity index is 960. The number of carbonyl (C=O) groups is 2. The SMILES string of the molecule is COCCNC(=O)Nc1cc(C(=O)N2CCC(c3ccc(C#N)nc3)CC2)ccc1C. The summed E-state index contributed by atoms with van der Waals surface area (Å²) in [5, 5.41) is 14.4. The molecule has 2 N–H and O–H groups in total. The third-order valence-electron chi connectivity index (χ3n) is 5.48. The first-order valence-electron chi connectivity index (χ1n) is 10.3. The number of likely N-dealkylation sites (tertiary alicyclic amines) is 1. The average molecular weight is 422 g/mol. The standard InChI is InChI=1S/C23H27N5O3/c1-16-3-4-18(13-21(16)27-23(30)25-9-12-31-2)22(29)28-10-7-17(8-11-28)19-5-6-20(14-24)26-15-19/h3-6,13,15,17H,7-12H2,1-2H3,(H2,25,27,30). The second-order valence-corrected chi connectivity index (χ2v) is 7.56. The molecule has 0 aliphatic carbocycles. The Morgan fingerprint density at radius 1 is 1.26 bits per heavy atom. The molecule has 1 aromatic carbocycles. The van der Waals surface area contributed by atoms with Crippen molar-refractivity contribution in [1.82, 2.24) is 15.2 Å². The molecule has 3 amide bonds. The predicted molar refractivity (Wildman–Crippen MR) is 117 cm³/mol. The quantitative estimate of drug-likeness (QED) is 0.697. The van der Waals surface area contributed by atoms with E-state index in [1.54, 1.807) is 31.5 Å². The van der Waals surface area contributed by atoms with E-state index < -0.39 is 0 Å². The van der Waals surface area contributed by atoms with E-state index in [9.17, 15) is 9.59 Å². The molecule has 1 fully saturated rings. The molecule has 31 heavy (non-hydrogen) atoms. The van der Waals surface area contributed by atoms with Gasteiger partial charge < -0.3 is 20.3 Å². The van der Waals surface area contributed by atoms with Crippen molar-refractivity contribution >= 4 is 17.6 Å². The lowest BCUT2D eigenvalue weighted by Gasteiger charge is -2.32. The molecule has 3 rings (SSSR count). The minimum Gasteiger partial charge on any atom is -0.383 e. The fourth-order valence-electron chi connectivity index (χ4n) is 3.63. The molecular formula is C23H27N5O3. The zero-order chi connectivity index (χ0) is 22.2. The van der Waals surface area contributed by atoms with Crippen LogP contribution in [0.15, 0.2) is 36.5 Å². The van der Waals surface area contributed by atoms with Crippen LogP contribution in [0, 0.1) is 18.3 Å².